The van der Waals surface area contributed by atoms with Crippen molar-refractivity contribution < 1.29 is 13.5 Å². The molecule has 2 aromatic rings. The van der Waals surface area contributed by atoms with Gasteiger partial charge in [-0.2, -0.15) is 9.37 Å². The minimum Gasteiger partial charge on any atom is -0.434 e. The summed E-state index contributed by atoms with van der Waals surface area (Å²) in [7, 11) is 0. The lowest BCUT2D eigenvalue weighted by Crippen LogP contribution is -1.96. The van der Waals surface area contributed by atoms with E-state index in [0.29, 0.717) is 0 Å². The van der Waals surface area contributed by atoms with E-state index >= 15 is 0 Å². The van der Waals surface area contributed by atoms with Gasteiger partial charge in [0.2, 0.25) is 11.7 Å². The third-order valence-electron chi connectivity index (χ3n) is 1.76. The summed E-state index contributed by atoms with van der Waals surface area (Å²) < 4.78 is 31.1. The van der Waals surface area contributed by atoms with Crippen molar-refractivity contribution in [3.8, 4) is 11.6 Å². The van der Waals surface area contributed by atoms with Crippen molar-refractivity contribution in [1.29, 1.82) is 0 Å². The largest absolute Gasteiger partial charge is 0.434 e. The number of hydrogen-bond donors (Lipinski definition) is 1. The van der Waals surface area contributed by atoms with Crippen LogP contribution in [0.2, 0.25) is 0 Å². The normalized spacial score (nSPS) is 10.1. The quantitative estimate of drug-likeness (QED) is 0.847. The fraction of sp³-hybridized carbons (Fsp3) is 0. The zero-order valence-corrected chi connectivity index (χ0v) is 8.02. The highest BCUT2D eigenvalue weighted by Gasteiger charge is 2.10. The van der Waals surface area contributed by atoms with Gasteiger partial charge in [0, 0.05) is 0 Å². The summed E-state index contributed by atoms with van der Waals surface area (Å²) in [5, 5.41) is 0. The van der Waals surface area contributed by atoms with Gasteiger partial charge in [-0.1, -0.05) is 6.07 Å². The molecule has 1 aromatic heterocycles. The van der Waals surface area contributed by atoms with Crippen molar-refractivity contribution in [2.45, 2.75) is 0 Å². The number of aromatic nitrogens is 2. The summed E-state index contributed by atoms with van der Waals surface area (Å²) in [6.07, 6.45) is 2.56. The van der Waals surface area contributed by atoms with Crippen LogP contribution in [0.5, 0.6) is 11.6 Å². The minimum absolute atomic E-state index is 0.00417. The van der Waals surface area contributed by atoms with Crippen molar-refractivity contribution in [1.82, 2.24) is 9.97 Å². The molecule has 0 amide bonds. The zero-order valence-electron chi connectivity index (χ0n) is 8.02. The summed E-state index contributed by atoms with van der Waals surface area (Å²) in [4.78, 5) is 7.45. The maximum absolute atomic E-state index is 13.2. The standard InChI is InChI=1S/C10H7F2N3O/c11-6-2-1-3-7(10(6)12)16-9-5-14-4-8(13)15-9/h1-5H,(H2,13,15). The van der Waals surface area contributed by atoms with E-state index in [0.717, 1.165) is 6.07 Å². The van der Waals surface area contributed by atoms with Gasteiger partial charge in [-0.15, -0.1) is 0 Å². The second-order valence-corrected chi connectivity index (χ2v) is 2.94. The molecule has 1 heterocycles. The molecule has 1 aromatic carbocycles. The molecule has 0 aliphatic carbocycles. The number of hydrogen-bond acceptors (Lipinski definition) is 4. The molecule has 0 atom stereocenters. The molecule has 0 aliphatic heterocycles. The Bertz CT molecular complexity index is 519. The van der Waals surface area contributed by atoms with Crippen LogP contribution < -0.4 is 10.5 Å². The van der Waals surface area contributed by atoms with Crippen molar-refractivity contribution >= 4 is 5.82 Å². The SMILES string of the molecule is Nc1cncc(Oc2cccc(F)c2F)n1. The van der Waals surface area contributed by atoms with Gasteiger partial charge in [0.1, 0.15) is 5.82 Å². The topological polar surface area (TPSA) is 61.0 Å². The highest BCUT2D eigenvalue weighted by atomic mass is 19.2. The summed E-state index contributed by atoms with van der Waals surface area (Å²) in [5.74, 6) is -2.19. The Morgan fingerprint density at radius 3 is 2.75 bits per heavy atom. The second-order valence-electron chi connectivity index (χ2n) is 2.94. The van der Waals surface area contributed by atoms with Gasteiger partial charge in [0.05, 0.1) is 12.4 Å². The van der Waals surface area contributed by atoms with Crippen LogP contribution in [0.3, 0.4) is 0 Å². The van der Waals surface area contributed by atoms with Gasteiger partial charge in [-0.25, -0.2) is 4.39 Å². The summed E-state index contributed by atoms with van der Waals surface area (Å²) >= 11 is 0. The third-order valence-corrected chi connectivity index (χ3v) is 1.76. The average Bonchev–Trinajstić information content (AvgIpc) is 2.25. The maximum atomic E-state index is 13.2. The van der Waals surface area contributed by atoms with E-state index in [1.54, 1.807) is 0 Å². The first-order chi connectivity index (χ1) is 7.66. The van der Waals surface area contributed by atoms with E-state index in [4.69, 9.17) is 10.5 Å². The van der Waals surface area contributed by atoms with Gasteiger partial charge in [-0.3, -0.25) is 4.98 Å². The fourth-order valence-corrected chi connectivity index (χ4v) is 1.09. The number of rotatable bonds is 2. The molecule has 0 fully saturated rings. The Morgan fingerprint density at radius 1 is 1.19 bits per heavy atom. The molecule has 2 N–H and O–H groups in total. The second kappa shape index (κ2) is 4.09. The fourth-order valence-electron chi connectivity index (χ4n) is 1.09. The van der Waals surface area contributed by atoms with E-state index in [-0.39, 0.29) is 17.4 Å². The maximum Gasteiger partial charge on any atom is 0.239 e. The Morgan fingerprint density at radius 2 is 2.00 bits per heavy atom. The van der Waals surface area contributed by atoms with Crippen LogP contribution in [0.15, 0.2) is 30.6 Å². The molecule has 2 rings (SSSR count). The van der Waals surface area contributed by atoms with Crippen LogP contribution >= 0.6 is 0 Å². The summed E-state index contributed by atoms with van der Waals surface area (Å²) in [5.41, 5.74) is 5.36. The number of nitrogens with zero attached hydrogens (tertiary/aromatic N) is 2. The summed E-state index contributed by atoms with van der Waals surface area (Å²) in [6.45, 7) is 0. The number of ether oxygens (including phenoxy) is 1. The Balaban J connectivity index is 2.31. The lowest BCUT2D eigenvalue weighted by atomic mass is 10.3. The van der Waals surface area contributed by atoms with E-state index in [1.165, 1.54) is 24.5 Å². The van der Waals surface area contributed by atoms with E-state index in [1.807, 2.05) is 0 Å². The van der Waals surface area contributed by atoms with Gasteiger partial charge in [0.15, 0.2) is 11.6 Å². The van der Waals surface area contributed by atoms with E-state index in [2.05, 4.69) is 9.97 Å². The average molecular weight is 223 g/mol. The predicted octanol–water partition coefficient (Wildman–Crippen LogP) is 2.13. The molecule has 82 valence electrons. The van der Waals surface area contributed by atoms with Crippen LogP contribution in [0.25, 0.3) is 0 Å². The smallest absolute Gasteiger partial charge is 0.239 e. The highest BCUT2D eigenvalue weighted by molar-refractivity contribution is 5.31. The first-order valence-electron chi connectivity index (χ1n) is 4.36. The zero-order chi connectivity index (χ0) is 11.5. The van der Waals surface area contributed by atoms with Crippen LogP contribution in [-0.4, -0.2) is 9.97 Å². The Kier molecular flexibility index (Phi) is 2.63. The molecular formula is C10H7F2N3O. The van der Waals surface area contributed by atoms with Crippen molar-refractivity contribution in [2.24, 2.45) is 0 Å². The molecular weight excluding hydrogens is 216 g/mol. The Hall–Kier alpha value is -2.24. The number of benzene rings is 1. The van der Waals surface area contributed by atoms with Gasteiger partial charge >= 0.3 is 0 Å². The van der Waals surface area contributed by atoms with E-state index in [9.17, 15) is 8.78 Å². The number of nitrogens with two attached hydrogens (primary N) is 1. The van der Waals surface area contributed by atoms with Gasteiger partial charge in [-0.05, 0) is 12.1 Å². The molecule has 0 unspecified atom stereocenters. The molecule has 0 saturated heterocycles. The lowest BCUT2D eigenvalue weighted by molar-refractivity contribution is 0.404. The van der Waals surface area contributed by atoms with Crippen molar-refractivity contribution in [3.05, 3.63) is 42.2 Å². The molecule has 0 radical (unpaired) electrons. The lowest BCUT2D eigenvalue weighted by Gasteiger charge is -2.05. The first kappa shape index (κ1) is 10.3. The monoisotopic (exact) mass is 223 g/mol. The summed E-state index contributed by atoms with van der Waals surface area (Å²) in [6, 6.07) is 3.60. The van der Waals surface area contributed by atoms with Crippen LogP contribution in [-0.2, 0) is 0 Å². The predicted molar refractivity (Wildman–Crippen MR) is 52.9 cm³/mol. The van der Waals surface area contributed by atoms with Gasteiger partial charge < -0.3 is 10.5 Å². The number of halogens is 2. The van der Waals surface area contributed by atoms with Crippen molar-refractivity contribution in [3.63, 3.8) is 0 Å². The molecule has 6 heteroatoms. The third kappa shape index (κ3) is 2.05. The molecule has 16 heavy (non-hydrogen) atoms. The molecule has 0 spiro atoms. The minimum atomic E-state index is -1.08. The molecule has 0 saturated carbocycles. The Labute approximate surface area is 89.7 Å². The van der Waals surface area contributed by atoms with Crippen LogP contribution in [0.1, 0.15) is 0 Å². The van der Waals surface area contributed by atoms with Crippen LogP contribution in [0, 0.1) is 11.6 Å². The van der Waals surface area contributed by atoms with E-state index < -0.39 is 11.6 Å². The number of nitrogen functional groups attached to an aromatic ring is 1. The number of anilines is 1. The van der Waals surface area contributed by atoms with Crippen LogP contribution in [0.4, 0.5) is 14.6 Å². The molecule has 0 aliphatic rings. The van der Waals surface area contributed by atoms with Crippen molar-refractivity contribution in [2.75, 3.05) is 5.73 Å². The highest BCUT2D eigenvalue weighted by Crippen LogP contribution is 2.24. The molecule has 0 bridgehead atoms. The van der Waals surface area contributed by atoms with Gasteiger partial charge in [0.25, 0.3) is 0 Å². The molecule has 4 nitrogen and oxygen atoms in total. The first-order valence-corrected chi connectivity index (χ1v) is 4.36.